The molecule has 0 saturated heterocycles. The molecule has 1 heterocycles. The van der Waals surface area contributed by atoms with E-state index in [-0.39, 0.29) is 0 Å². The van der Waals surface area contributed by atoms with Crippen LogP contribution in [0.2, 0.25) is 0 Å². The highest BCUT2D eigenvalue weighted by Gasteiger charge is 2.14. The van der Waals surface area contributed by atoms with Crippen molar-refractivity contribution in [2.45, 2.75) is 6.10 Å². The standard InChI is InChI=1S/C5H4FNO2/c6-4-2-1-3(8)5(9)7-4/h1-3,8H. The van der Waals surface area contributed by atoms with E-state index in [1.54, 1.807) is 0 Å². The molecule has 0 radical (unpaired) electrons. The number of rotatable bonds is 0. The first-order valence-electron chi connectivity index (χ1n) is 2.34. The highest BCUT2D eigenvalue weighted by Crippen LogP contribution is 1.99. The van der Waals surface area contributed by atoms with Gasteiger partial charge in [-0.3, -0.25) is 4.79 Å². The Morgan fingerprint density at radius 3 is 2.89 bits per heavy atom. The summed E-state index contributed by atoms with van der Waals surface area (Å²) in [6.45, 7) is 0. The summed E-state index contributed by atoms with van der Waals surface area (Å²) in [7, 11) is 0. The monoisotopic (exact) mass is 129 g/mol. The highest BCUT2D eigenvalue weighted by molar-refractivity contribution is 6.02. The van der Waals surface area contributed by atoms with Crippen molar-refractivity contribution in [3.63, 3.8) is 0 Å². The molecule has 1 atom stereocenters. The Balaban J connectivity index is 2.82. The van der Waals surface area contributed by atoms with Crippen molar-refractivity contribution < 1.29 is 14.3 Å². The Labute approximate surface area is 50.5 Å². The third kappa shape index (κ3) is 1.20. The number of carbonyl (C=O) groups excluding carboxylic acids is 1. The number of nitrogens with zero attached hydrogens (tertiary/aromatic N) is 1. The largest absolute Gasteiger partial charge is 0.379 e. The number of aliphatic hydroxyl groups is 1. The van der Waals surface area contributed by atoms with E-state index in [9.17, 15) is 9.18 Å². The quantitative estimate of drug-likeness (QED) is 0.493. The van der Waals surface area contributed by atoms with Crippen LogP contribution in [0.3, 0.4) is 0 Å². The molecule has 1 aliphatic heterocycles. The summed E-state index contributed by atoms with van der Waals surface area (Å²) in [5.41, 5.74) is 0. The molecule has 0 aliphatic carbocycles. The minimum absolute atomic E-state index is 0.852. The third-order valence-electron chi connectivity index (χ3n) is 0.886. The highest BCUT2D eigenvalue weighted by atomic mass is 19.1. The van der Waals surface area contributed by atoms with E-state index in [4.69, 9.17) is 5.11 Å². The summed E-state index contributed by atoms with van der Waals surface area (Å²) >= 11 is 0. The van der Waals surface area contributed by atoms with E-state index >= 15 is 0 Å². The average molecular weight is 129 g/mol. The topological polar surface area (TPSA) is 49.7 Å². The summed E-state index contributed by atoms with van der Waals surface area (Å²) < 4.78 is 11.9. The van der Waals surface area contributed by atoms with E-state index in [1.165, 1.54) is 0 Å². The number of allylic oxidation sites excluding steroid dienone is 1. The van der Waals surface area contributed by atoms with Gasteiger partial charge in [-0.1, -0.05) is 0 Å². The predicted octanol–water partition coefficient (Wildman–Crippen LogP) is -0.188. The van der Waals surface area contributed by atoms with Crippen molar-refractivity contribution in [3.05, 3.63) is 12.2 Å². The van der Waals surface area contributed by atoms with E-state index < -0.39 is 18.0 Å². The van der Waals surface area contributed by atoms with Crippen LogP contribution < -0.4 is 0 Å². The van der Waals surface area contributed by atoms with Gasteiger partial charge in [-0.15, -0.1) is 0 Å². The van der Waals surface area contributed by atoms with Gasteiger partial charge in [0.2, 0.25) is 5.97 Å². The molecule has 0 fully saturated rings. The van der Waals surface area contributed by atoms with Gasteiger partial charge in [-0.25, -0.2) is 0 Å². The van der Waals surface area contributed by atoms with Crippen LogP contribution in [0.1, 0.15) is 0 Å². The fraction of sp³-hybridized carbons (Fsp3) is 0.200. The molecule has 1 aliphatic rings. The molecular formula is C5H4FNO2. The van der Waals surface area contributed by atoms with Crippen LogP contribution in [0, 0.1) is 0 Å². The Kier molecular flexibility index (Phi) is 1.40. The van der Waals surface area contributed by atoms with Gasteiger partial charge in [0.25, 0.3) is 5.91 Å². The van der Waals surface area contributed by atoms with E-state index in [0.717, 1.165) is 12.2 Å². The smallest absolute Gasteiger partial charge is 0.281 e. The van der Waals surface area contributed by atoms with Crippen LogP contribution in [-0.4, -0.2) is 23.1 Å². The number of aliphatic imine (C=N–C) groups is 1. The number of halogens is 1. The Morgan fingerprint density at radius 2 is 2.44 bits per heavy atom. The van der Waals surface area contributed by atoms with Gasteiger partial charge in [0, 0.05) is 0 Å². The van der Waals surface area contributed by atoms with Gasteiger partial charge in [0.05, 0.1) is 0 Å². The number of amides is 1. The van der Waals surface area contributed by atoms with Crippen molar-refractivity contribution in [3.8, 4) is 0 Å². The van der Waals surface area contributed by atoms with Crippen LogP contribution in [0.15, 0.2) is 17.1 Å². The second-order valence-electron chi connectivity index (χ2n) is 1.58. The summed E-state index contributed by atoms with van der Waals surface area (Å²) in [6.07, 6.45) is 0.737. The fourth-order valence-corrected chi connectivity index (χ4v) is 0.462. The normalized spacial score (nSPS) is 26.2. The maximum absolute atomic E-state index is 11.9. The molecule has 0 aromatic carbocycles. The molecule has 0 aromatic rings. The summed E-state index contributed by atoms with van der Waals surface area (Å²) in [6, 6.07) is 0. The molecule has 1 unspecified atom stereocenters. The van der Waals surface area contributed by atoms with Gasteiger partial charge in [-0.05, 0) is 12.2 Å². The zero-order valence-corrected chi connectivity index (χ0v) is 4.41. The van der Waals surface area contributed by atoms with Crippen LogP contribution in [0.5, 0.6) is 0 Å². The molecule has 48 valence electrons. The number of carbonyl (C=O) groups is 1. The van der Waals surface area contributed by atoms with E-state index in [0.29, 0.717) is 0 Å². The van der Waals surface area contributed by atoms with Gasteiger partial charge >= 0.3 is 0 Å². The number of hydrogen-bond donors (Lipinski definition) is 1. The Morgan fingerprint density at radius 1 is 1.78 bits per heavy atom. The first-order valence-corrected chi connectivity index (χ1v) is 2.34. The second-order valence-corrected chi connectivity index (χ2v) is 1.58. The number of aliphatic hydroxyl groups excluding tert-OH is 1. The maximum Gasteiger partial charge on any atom is 0.281 e. The molecule has 1 rings (SSSR count). The molecule has 9 heavy (non-hydrogen) atoms. The van der Waals surface area contributed by atoms with Crippen molar-refractivity contribution in [2.24, 2.45) is 4.99 Å². The zero-order valence-electron chi connectivity index (χ0n) is 4.41. The summed E-state index contributed by atoms with van der Waals surface area (Å²) in [5.74, 6) is -1.71. The molecule has 3 nitrogen and oxygen atoms in total. The Bertz CT molecular complexity index is 197. The molecular weight excluding hydrogens is 125 g/mol. The van der Waals surface area contributed by atoms with Crippen LogP contribution >= 0.6 is 0 Å². The lowest BCUT2D eigenvalue weighted by Crippen LogP contribution is -2.19. The molecule has 0 spiro atoms. The number of hydrogen-bond acceptors (Lipinski definition) is 2. The minimum atomic E-state index is -1.26. The summed E-state index contributed by atoms with van der Waals surface area (Å²) in [5, 5.41) is 8.59. The van der Waals surface area contributed by atoms with Crippen LogP contribution in [-0.2, 0) is 4.79 Å². The van der Waals surface area contributed by atoms with Crippen LogP contribution in [0.25, 0.3) is 0 Å². The fourth-order valence-electron chi connectivity index (χ4n) is 0.462. The van der Waals surface area contributed by atoms with E-state index in [1.807, 2.05) is 0 Å². The molecule has 1 amide bonds. The maximum atomic E-state index is 11.9. The molecule has 0 bridgehead atoms. The van der Waals surface area contributed by atoms with E-state index in [2.05, 4.69) is 4.99 Å². The zero-order chi connectivity index (χ0) is 6.85. The lowest BCUT2D eigenvalue weighted by atomic mass is 10.3. The van der Waals surface area contributed by atoms with Gasteiger partial charge in [0.1, 0.15) is 0 Å². The minimum Gasteiger partial charge on any atom is -0.379 e. The lowest BCUT2D eigenvalue weighted by Gasteiger charge is -2.01. The molecule has 0 saturated carbocycles. The van der Waals surface area contributed by atoms with Gasteiger partial charge in [-0.2, -0.15) is 9.38 Å². The Hall–Kier alpha value is -1.03. The van der Waals surface area contributed by atoms with Crippen molar-refractivity contribution >= 4 is 11.9 Å². The third-order valence-corrected chi connectivity index (χ3v) is 0.886. The first-order chi connectivity index (χ1) is 4.20. The molecule has 0 aromatic heterocycles. The van der Waals surface area contributed by atoms with Crippen molar-refractivity contribution in [2.75, 3.05) is 0 Å². The van der Waals surface area contributed by atoms with Crippen LogP contribution in [0.4, 0.5) is 4.39 Å². The van der Waals surface area contributed by atoms with Crippen molar-refractivity contribution in [1.82, 2.24) is 0 Å². The van der Waals surface area contributed by atoms with Gasteiger partial charge < -0.3 is 5.11 Å². The summed E-state index contributed by atoms with van der Waals surface area (Å²) in [4.78, 5) is 13.1. The number of dihydropyridines is 1. The first kappa shape index (κ1) is 6.10. The predicted molar refractivity (Wildman–Crippen MR) is 28.7 cm³/mol. The van der Waals surface area contributed by atoms with Crippen molar-refractivity contribution in [1.29, 1.82) is 0 Å². The lowest BCUT2D eigenvalue weighted by molar-refractivity contribution is -0.123. The molecule has 1 N–H and O–H groups in total. The SMILES string of the molecule is O=C1N=C(F)C=CC1O. The van der Waals surface area contributed by atoms with Gasteiger partial charge in [0.15, 0.2) is 6.10 Å². The second kappa shape index (κ2) is 2.06. The average Bonchev–Trinajstić information content (AvgIpc) is 1.80. The molecule has 4 heteroatoms.